The average molecular weight is 507 g/mol. The molecular formula is C20H32ClIN4O. The van der Waals surface area contributed by atoms with Gasteiger partial charge < -0.3 is 20.3 Å². The molecule has 0 bridgehead atoms. The first-order chi connectivity index (χ1) is 12.7. The van der Waals surface area contributed by atoms with E-state index in [4.69, 9.17) is 16.3 Å². The van der Waals surface area contributed by atoms with Crippen LogP contribution in [0.2, 0.25) is 5.02 Å². The number of aliphatic imine (C=N–C) groups is 1. The molecule has 1 aliphatic heterocycles. The van der Waals surface area contributed by atoms with Crippen LogP contribution in [0.1, 0.15) is 44.1 Å². The van der Waals surface area contributed by atoms with Crippen LogP contribution < -0.4 is 15.4 Å². The minimum Gasteiger partial charge on any atom is -0.496 e. The fraction of sp³-hybridized carbons (Fsp3) is 0.650. The molecule has 152 valence electrons. The lowest BCUT2D eigenvalue weighted by atomic mass is 10.0. The van der Waals surface area contributed by atoms with Gasteiger partial charge in [0, 0.05) is 49.4 Å². The first-order valence-corrected chi connectivity index (χ1v) is 10.1. The molecule has 0 radical (unpaired) electrons. The summed E-state index contributed by atoms with van der Waals surface area (Å²) in [5.41, 5.74) is 1.07. The van der Waals surface area contributed by atoms with Crippen molar-refractivity contribution in [2.45, 2.75) is 57.2 Å². The van der Waals surface area contributed by atoms with Gasteiger partial charge in [0.2, 0.25) is 0 Å². The highest BCUT2D eigenvalue weighted by molar-refractivity contribution is 14.0. The Balaban J connectivity index is 0.00000261. The molecule has 1 heterocycles. The monoisotopic (exact) mass is 506 g/mol. The van der Waals surface area contributed by atoms with E-state index in [1.165, 1.54) is 51.6 Å². The molecule has 1 aliphatic carbocycles. The Kier molecular flexibility index (Phi) is 9.45. The van der Waals surface area contributed by atoms with Crippen LogP contribution in [-0.2, 0) is 6.54 Å². The van der Waals surface area contributed by atoms with Crippen molar-refractivity contribution in [3.05, 3.63) is 28.8 Å². The number of piperidine rings is 1. The smallest absolute Gasteiger partial charge is 0.191 e. The lowest BCUT2D eigenvalue weighted by Crippen LogP contribution is -2.50. The Labute approximate surface area is 185 Å². The number of methoxy groups -OCH3 is 1. The van der Waals surface area contributed by atoms with E-state index >= 15 is 0 Å². The maximum atomic E-state index is 6.03. The fourth-order valence-electron chi connectivity index (χ4n) is 4.11. The van der Waals surface area contributed by atoms with Gasteiger partial charge in [-0.25, -0.2) is 0 Å². The third kappa shape index (κ3) is 6.39. The Morgan fingerprint density at radius 2 is 1.93 bits per heavy atom. The van der Waals surface area contributed by atoms with Crippen molar-refractivity contribution in [2.24, 2.45) is 4.99 Å². The number of nitrogens with one attached hydrogen (secondary N) is 2. The van der Waals surface area contributed by atoms with Crippen LogP contribution in [0.5, 0.6) is 5.75 Å². The van der Waals surface area contributed by atoms with Crippen molar-refractivity contribution in [3.8, 4) is 5.75 Å². The van der Waals surface area contributed by atoms with Crippen LogP contribution >= 0.6 is 35.6 Å². The van der Waals surface area contributed by atoms with E-state index in [1.807, 2.05) is 25.2 Å². The van der Waals surface area contributed by atoms with E-state index < -0.39 is 0 Å². The first kappa shape index (κ1) is 22.6. The highest BCUT2D eigenvalue weighted by atomic mass is 127. The second-order valence-electron chi connectivity index (χ2n) is 7.27. The Bertz CT molecular complexity index is 614. The van der Waals surface area contributed by atoms with Crippen LogP contribution in [-0.4, -0.2) is 50.2 Å². The third-order valence-corrected chi connectivity index (χ3v) is 5.87. The Morgan fingerprint density at radius 3 is 2.56 bits per heavy atom. The van der Waals surface area contributed by atoms with Crippen LogP contribution in [0.3, 0.4) is 0 Å². The molecule has 0 spiro atoms. The molecule has 2 N–H and O–H groups in total. The highest BCUT2D eigenvalue weighted by Gasteiger charge is 2.27. The van der Waals surface area contributed by atoms with E-state index in [1.54, 1.807) is 7.11 Å². The fourth-order valence-corrected chi connectivity index (χ4v) is 4.27. The highest BCUT2D eigenvalue weighted by Crippen LogP contribution is 2.26. The quantitative estimate of drug-likeness (QED) is 0.360. The second kappa shape index (κ2) is 11.3. The number of halogens is 2. The molecule has 0 atom stereocenters. The van der Waals surface area contributed by atoms with Crippen molar-refractivity contribution in [1.29, 1.82) is 0 Å². The molecule has 1 saturated heterocycles. The predicted octanol–water partition coefficient (Wildman–Crippen LogP) is 4.04. The number of guanidine groups is 1. The molecule has 0 amide bonds. The van der Waals surface area contributed by atoms with Crippen LogP contribution in [0, 0.1) is 0 Å². The van der Waals surface area contributed by atoms with Crippen LogP contribution in [0.15, 0.2) is 23.2 Å². The molecule has 0 unspecified atom stereocenters. The summed E-state index contributed by atoms with van der Waals surface area (Å²) in [6.45, 7) is 3.05. The molecule has 1 aromatic rings. The minimum absolute atomic E-state index is 0. The van der Waals surface area contributed by atoms with Crippen molar-refractivity contribution in [1.82, 2.24) is 15.5 Å². The number of ether oxygens (including phenoxy) is 1. The number of benzene rings is 1. The zero-order valence-corrected chi connectivity index (χ0v) is 19.4. The van der Waals surface area contributed by atoms with Gasteiger partial charge in [-0.05, 0) is 37.8 Å². The molecular weight excluding hydrogens is 475 g/mol. The Hall–Kier alpha value is -0.730. The van der Waals surface area contributed by atoms with Gasteiger partial charge in [-0.1, -0.05) is 30.5 Å². The average Bonchev–Trinajstić information content (AvgIpc) is 3.21. The number of nitrogens with zero attached hydrogens (tertiary/aromatic N) is 2. The Morgan fingerprint density at radius 1 is 1.22 bits per heavy atom. The van der Waals surface area contributed by atoms with Crippen LogP contribution in [0.25, 0.3) is 0 Å². The topological polar surface area (TPSA) is 48.9 Å². The van der Waals surface area contributed by atoms with Gasteiger partial charge in [0.05, 0.1) is 7.11 Å². The summed E-state index contributed by atoms with van der Waals surface area (Å²) in [7, 11) is 3.49. The summed E-state index contributed by atoms with van der Waals surface area (Å²) < 4.78 is 5.41. The lowest BCUT2D eigenvalue weighted by Gasteiger charge is -2.36. The zero-order valence-electron chi connectivity index (χ0n) is 16.3. The molecule has 7 heteroatoms. The molecule has 27 heavy (non-hydrogen) atoms. The number of hydrogen-bond acceptors (Lipinski definition) is 3. The minimum atomic E-state index is 0. The van der Waals surface area contributed by atoms with E-state index in [0.717, 1.165) is 23.3 Å². The van der Waals surface area contributed by atoms with E-state index in [2.05, 4.69) is 20.5 Å². The predicted molar refractivity (Wildman–Crippen MR) is 124 cm³/mol. The van der Waals surface area contributed by atoms with Gasteiger partial charge >= 0.3 is 0 Å². The molecule has 1 aromatic carbocycles. The van der Waals surface area contributed by atoms with Gasteiger partial charge in [-0.15, -0.1) is 24.0 Å². The van der Waals surface area contributed by atoms with Crippen molar-refractivity contribution < 1.29 is 4.74 Å². The molecule has 2 fully saturated rings. The maximum Gasteiger partial charge on any atom is 0.191 e. The summed E-state index contributed by atoms with van der Waals surface area (Å²) in [6, 6.07) is 7.04. The summed E-state index contributed by atoms with van der Waals surface area (Å²) in [5.74, 6) is 1.65. The number of hydrogen-bond donors (Lipinski definition) is 2. The normalized spacial score (nSPS) is 19.6. The third-order valence-electron chi connectivity index (χ3n) is 5.63. The van der Waals surface area contributed by atoms with E-state index in [-0.39, 0.29) is 24.0 Å². The molecule has 1 saturated carbocycles. The van der Waals surface area contributed by atoms with Gasteiger partial charge in [0.1, 0.15) is 5.75 Å². The van der Waals surface area contributed by atoms with Gasteiger partial charge in [0.15, 0.2) is 5.96 Å². The molecule has 5 nitrogen and oxygen atoms in total. The summed E-state index contributed by atoms with van der Waals surface area (Å²) in [4.78, 5) is 7.08. The van der Waals surface area contributed by atoms with E-state index in [0.29, 0.717) is 17.6 Å². The standard InChI is InChI=1S/C20H31ClN4O.HI/c1-22-20(23-14-15-7-8-16(21)13-19(15)26-2)24-17-9-11-25(12-10-17)18-5-3-4-6-18;/h7-8,13,17-18H,3-6,9-12,14H2,1-2H3,(H2,22,23,24);1H. The zero-order chi connectivity index (χ0) is 18.4. The first-order valence-electron chi connectivity index (χ1n) is 9.73. The van der Waals surface area contributed by atoms with Crippen molar-refractivity contribution in [2.75, 3.05) is 27.2 Å². The maximum absolute atomic E-state index is 6.03. The molecule has 2 aliphatic rings. The van der Waals surface area contributed by atoms with Crippen molar-refractivity contribution in [3.63, 3.8) is 0 Å². The van der Waals surface area contributed by atoms with E-state index in [9.17, 15) is 0 Å². The van der Waals surface area contributed by atoms with Crippen LogP contribution in [0.4, 0.5) is 0 Å². The molecule has 0 aromatic heterocycles. The number of rotatable bonds is 5. The summed E-state index contributed by atoms with van der Waals surface area (Å²) >= 11 is 6.03. The van der Waals surface area contributed by atoms with Gasteiger partial charge in [-0.3, -0.25) is 4.99 Å². The van der Waals surface area contributed by atoms with Gasteiger partial charge in [0.25, 0.3) is 0 Å². The van der Waals surface area contributed by atoms with Gasteiger partial charge in [-0.2, -0.15) is 0 Å². The lowest BCUT2D eigenvalue weighted by molar-refractivity contribution is 0.150. The summed E-state index contributed by atoms with van der Waals surface area (Å²) in [6.07, 6.45) is 7.97. The largest absolute Gasteiger partial charge is 0.496 e. The molecule has 3 rings (SSSR count). The SMILES string of the molecule is CN=C(NCc1ccc(Cl)cc1OC)NC1CCN(C2CCCC2)CC1.I. The summed E-state index contributed by atoms with van der Waals surface area (Å²) in [5, 5.41) is 7.66. The number of likely N-dealkylation sites (tertiary alicyclic amines) is 1. The van der Waals surface area contributed by atoms with Crippen molar-refractivity contribution >= 4 is 41.5 Å². The second-order valence-corrected chi connectivity index (χ2v) is 7.71.